The van der Waals surface area contributed by atoms with E-state index in [-0.39, 0.29) is 11.3 Å². The molecule has 2 aromatic carbocycles. The molecule has 1 N–H and O–H groups in total. The molecule has 1 aliphatic heterocycles. The van der Waals surface area contributed by atoms with Crippen molar-refractivity contribution >= 4 is 17.6 Å². The molecule has 1 atom stereocenters. The maximum absolute atomic E-state index is 12.6. The Labute approximate surface area is 173 Å². The van der Waals surface area contributed by atoms with E-state index in [1.54, 1.807) is 18.2 Å². The minimum Gasteiger partial charge on any atom is -0.496 e. The van der Waals surface area contributed by atoms with E-state index < -0.39 is 18.0 Å². The second kappa shape index (κ2) is 9.25. The highest BCUT2D eigenvalue weighted by atomic mass is 16.6. The minimum absolute atomic E-state index is 0.106. The summed E-state index contributed by atoms with van der Waals surface area (Å²) in [5.41, 5.74) is 0.602. The molecule has 160 valence electrons. The Bertz CT molecular complexity index is 943. The molecule has 3 rings (SSSR count). The van der Waals surface area contributed by atoms with E-state index in [1.807, 2.05) is 0 Å². The zero-order valence-corrected chi connectivity index (χ0v) is 17.1. The van der Waals surface area contributed by atoms with Crippen LogP contribution in [0.5, 0.6) is 28.7 Å². The topological polar surface area (TPSA) is 102 Å². The molecule has 0 spiro atoms. The van der Waals surface area contributed by atoms with E-state index in [0.717, 1.165) is 0 Å². The Morgan fingerprint density at radius 3 is 2.20 bits per heavy atom. The molecule has 0 aliphatic carbocycles. The Hall–Kier alpha value is -3.62. The lowest BCUT2D eigenvalue weighted by molar-refractivity contribution is -0.123. The molecule has 0 saturated carbocycles. The van der Waals surface area contributed by atoms with Gasteiger partial charge >= 0.3 is 5.97 Å². The average Bonchev–Trinajstić information content (AvgIpc) is 2.77. The van der Waals surface area contributed by atoms with Gasteiger partial charge in [0.15, 0.2) is 29.1 Å². The summed E-state index contributed by atoms with van der Waals surface area (Å²) in [6.07, 6.45) is -1.07. The highest BCUT2D eigenvalue weighted by molar-refractivity contribution is 5.99. The second-order valence-corrected chi connectivity index (χ2v) is 6.30. The largest absolute Gasteiger partial charge is 0.496 e. The van der Waals surface area contributed by atoms with Crippen LogP contribution in [-0.2, 0) is 9.53 Å². The summed E-state index contributed by atoms with van der Waals surface area (Å²) in [4.78, 5) is 25.1. The predicted molar refractivity (Wildman–Crippen MR) is 107 cm³/mol. The fourth-order valence-corrected chi connectivity index (χ4v) is 2.83. The van der Waals surface area contributed by atoms with E-state index in [0.29, 0.717) is 41.9 Å². The second-order valence-electron chi connectivity index (χ2n) is 6.30. The highest BCUT2D eigenvalue weighted by Crippen LogP contribution is 2.35. The van der Waals surface area contributed by atoms with Gasteiger partial charge in [-0.1, -0.05) is 0 Å². The standard InChI is InChI=1S/C21H23NO8/c1-12(20(23)22-13-5-6-15-19(9-13)29-8-7-28-15)30-21(24)14-10-17(26-3)18(27-4)11-16(14)25-2/h5-6,9-12H,7-8H2,1-4H3,(H,22,23)/t12-/m0/s1. The predicted octanol–water partition coefficient (Wildman–Crippen LogP) is 2.67. The summed E-state index contributed by atoms with van der Waals surface area (Å²) in [5.74, 6) is 0.876. The van der Waals surface area contributed by atoms with E-state index >= 15 is 0 Å². The van der Waals surface area contributed by atoms with Crippen molar-refractivity contribution in [3.05, 3.63) is 35.9 Å². The monoisotopic (exact) mass is 417 g/mol. The van der Waals surface area contributed by atoms with Gasteiger partial charge in [-0.05, 0) is 19.1 Å². The lowest BCUT2D eigenvalue weighted by Crippen LogP contribution is -2.30. The van der Waals surface area contributed by atoms with E-state index in [2.05, 4.69) is 5.32 Å². The first kappa shape index (κ1) is 21.1. The number of fused-ring (bicyclic) bond motifs is 1. The van der Waals surface area contributed by atoms with Gasteiger partial charge in [-0.25, -0.2) is 4.79 Å². The Balaban J connectivity index is 1.70. The molecular weight excluding hydrogens is 394 g/mol. The lowest BCUT2D eigenvalue weighted by Gasteiger charge is -2.20. The number of hydrogen-bond acceptors (Lipinski definition) is 8. The number of anilines is 1. The smallest absolute Gasteiger partial charge is 0.342 e. The van der Waals surface area contributed by atoms with Gasteiger partial charge in [0.05, 0.1) is 21.3 Å². The van der Waals surface area contributed by atoms with Crippen molar-refractivity contribution in [3.8, 4) is 28.7 Å². The molecule has 2 aromatic rings. The summed E-state index contributed by atoms with van der Waals surface area (Å²) >= 11 is 0. The van der Waals surface area contributed by atoms with Gasteiger partial charge in [0.1, 0.15) is 24.5 Å². The van der Waals surface area contributed by atoms with Crippen molar-refractivity contribution in [2.45, 2.75) is 13.0 Å². The first-order valence-corrected chi connectivity index (χ1v) is 9.18. The Morgan fingerprint density at radius 1 is 0.900 bits per heavy atom. The molecule has 1 amide bonds. The van der Waals surface area contributed by atoms with Crippen LogP contribution < -0.4 is 29.0 Å². The maximum atomic E-state index is 12.6. The normalized spacial score (nSPS) is 13.1. The van der Waals surface area contributed by atoms with Crippen molar-refractivity contribution in [2.24, 2.45) is 0 Å². The summed E-state index contributed by atoms with van der Waals surface area (Å²) in [6, 6.07) is 7.98. The third kappa shape index (κ3) is 4.51. The maximum Gasteiger partial charge on any atom is 0.342 e. The molecule has 1 heterocycles. The number of benzene rings is 2. The average molecular weight is 417 g/mol. The van der Waals surface area contributed by atoms with E-state index in [9.17, 15) is 9.59 Å². The van der Waals surface area contributed by atoms with Crippen LogP contribution >= 0.6 is 0 Å². The summed E-state index contributed by atoms with van der Waals surface area (Å²) in [5, 5.41) is 2.69. The molecule has 30 heavy (non-hydrogen) atoms. The fraction of sp³-hybridized carbons (Fsp3) is 0.333. The minimum atomic E-state index is -1.07. The van der Waals surface area contributed by atoms with Crippen molar-refractivity contribution in [1.82, 2.24) is 0 Å². The van der Waals surface area contributed by atoms with Gasteiger partial charge in [0.2, 0.25) is 0 Å². The third-order valence-electron chi connectivity index (χ3n) is 4.39. The van der Waals surface area contributed by atoms with Gasteiger partial charge in [-0.2, -0.15) is 0 Å². The van der Waals surface area contributed by atoms with Crippen LogP contribution in [0.15, 0.2) is 30.3 Å². The molecule has 0 unspecified atom stereocenters. The molecule has 0 radical (unpaired) electrons. The first-order valence-electron chi connectivity index (χ1n) is 9.18. The molecule has 0 saturated heterocycles. The number of esters is 1. The van der Waals surface area contributed by atoms with Gasteiger partial charge in [0, 0.05) is 23.9 Å². The third-order valence-corrected chi connectivity index (χ3v) is 4.39. The first-order chi connectivity index (χ1) is 14.5. The van der Waals surface area contributed by atoms with Crippen LogP contribution in [0.2, 0.25) is 0 Å². The number of nitrogens with one attached hydrogen (secondary N) is 1. The summed E-state index contributed by atoms with van der Waals surface area (Å²) < 4.78 is 31.9. The van der Waals surface area contributed by atoms with Crippen LogP contribution in [0.3, 0.4) is 0 Å². The quantitative estimate of drug-likeness (QED) is 0.686. The number of carbonyl (C=O) groups excluding carboxylic acids is 2. The van der Waals surface area contributed by atoms with Crippen molar-refractivity contribution in [1.29, 1.82) is 0 Å². The van der Waals surface area contributed by atoms with Crippen molar-refractivity contribution in [2.75, 3.05) is 39.9 Å². The van der Waals surface area contributed by atoms with Gasteiger partial charge in [-0.3, -0.25) is 4.79 Å². The van der Waals surface area contributed by atoms with Crippen LogP contribution in [0.1, 0.15) is 17.3 Å². The number of hydrogen-bond donors (Lipinski definition) is 1. The van der Waals surface area contributed by atoms with Crippen molar-refractivity contribution < 1.29 is 38.0 Å². The van der Waals surface area contributed by atoms with Crippen LogP contribution in [-0.4, -0.2) is 52.5 Å². The van der Waals surface area contributed by atoms with Gasteiger partial charge < -0.3 is 33.7 Å². The van der Waals surface area contributed by atoms with Crippen LogP contribution in [0.25, 0.3) is 0 Å². The van der Waals surface area contributed by atoms with Gasteiger partial charge in [-0.15, -0.1) is 0 Å². The van der Waals surface area contributed by atoms with Gasteiger partial charge in [0.25, 0.3) is 5.91 Å². The Kier molecular flexibility index (Phi) is 6.51. The van der Waals surface area contributed by atoms with Crippen molar-refractivity contribution in [3.63, 3.8) is 0 Å². The fourth-order valence-electron chi connectivity index (χ4n) is 2.83. The Morgan fingerprint density at radius 2 is 1.53 bits per heavy atom. The summed E-state index contributed by atoms with van der Waals surface area (Å²) in [7, 11) is 4.33. The molecule has 0 fully saturated rings. The van der Waals surface area contributed by atoms with Crippen LogP contribution in [0, 0.1) is 0 Å². The number of carbonyl (C=O) groups is 2. The van der Waals surface area contributed by atoms with E-state index in [4.69, 9.17) is 28.4 Å². The number of amides is 1. The lowest BCUT2D eigenvalue weighted by atomic mass is 10.1. The zero-order valence-electron chi connectivity index (χ0n) is 17.1. The van der Waals surface area contributed by atoms with E-state index in [1.165, 1.54) is 40.4 Å². The SMILES string of the molecule is COc1cc(OC)c(C(=O)O[C@@H](C)C(=O)Nc2ccc3c(c2)OCCO3)cc1OC. The van der Waals surface area contributed by atoms with Crippen LogP contribution in [0.4, 0.5) is 5.69 Å². The number of methoxy groups -OCH3 is 3. The molecule has 0 bridgehead atoms. The number of rotatable bonds is 7. The molecule has 9 nitrogen and oxygen atoms in total. The molecule has 1 aliphatic rings. The zero-order chi connectivity index (χ0) is 21.7. The molecule has 9 heteroatoms. The molecule has 0 aromatic heterocycles. The number of ether oxygens (including phenoxy) is 6. The highest BCUT2D eigenvalue weighted by Gasteiger charge is 2.24. The molecular formula is C21H23NO8. The summed E-state index contributed by atoms with van der Waals surface area (Å²) in [6.45, 7) is 2.38.